The second-order valence-electron chi connectivity index (χ2n) is 5.68. The van der Waals surface area contributed by atoms with E-state index in [0.717, 1.165) is 12.8 Å². The van der Waals surface area contributed by atoms with Crippen LogP contribution in [0.1, 0.15) is 25.3 Å². The lowest BCUT2D eigenvalue weighted by Gasteiger charge is -2.21. The molecule has 0 aliphatic heterocycles. The van der Waals surface area contributed by atoms with E-state index in [4.69, 9.17) is 0 Å². The predicted molar refractivity (Wildman–Crippen MR) is 86.1 cm³/mol. The summed E-state index contributed by atoms with van der Waals surface area (Å²) in [4.78, 5) is 4.34. The van der Waals surface area contributed by atoms with Crippen molar-refractivity contribution in [2.45, 2.75) is 19.8 Å². The number of benzene rings is 1. The van der Waals surface area contributed by atoms with Crippen molar-refractivity contribution in [1.29, 1.82) is 0 Å². The average Bonchev–Trinajstić information content (AvgIpc) is 2.38. The Hall–Kier alpha value is -1.70. The summed E-state index contributed by atoms with van der Waals surface area (Å²) < 4.78 is 0. The highest BCUT2D eigenvalue weighted by atomic mass is 15.1. The third-order valence-electron chi connectivity index (χ3n) is 3.59. The maximum atomic E-state index is 2.32. The van der Waals surface area contributed by atoms with Gasteiger partial charge in [-0.1, -0.05) is 17.7 Å². The van der Waals surface area contributed by atoms with Gasteiger partial charge in [-0.05, 0) is 49.1 Å². The number of hydrogen-bond donors (Lipinski definition) is 0. The molecule has 0 saturated heterocycles. The second kappa shape index (κ2) is 5.52. The maximum absolute atomic E-state index is 2.32. The Balaban J connectivity index is 2.47. The first-order valence-electron chi connectivity index (χ1n) is 6.85. The van der Waals surface area contributed by atoms with E-state index in [2.05, 4.69) is 75.3 Å². The first-order chi connectivity index (χ1) is 8.97. The van der Waals surface area contributed by atoms with Crippen LogP contribution in [0.15, 0.2) is 35.9 Å². The summed E-state index contributed by atoms with van der Waals surface area (Å²) in [7, 11) is 8.38. The van der Waals surface area contributed by atoms with Gasteiger partial charge in [-0.3, -0.25) is 0 Å². The molecule has 1 aromatic carbocycles. The highest BCUT2D eigenvalue weighted by Crippen LogP contribution is 2.32. The molecular formula is C17H24N2. The molecule has 0 heterocycles. The average molecular weight is 256 g/mol. The molecule has 0 amide bonds. The Bertz CT molecular complexity index is 496. The van der Waals surface area contributed by atoms with E-state index in [1.54, 1.807) is 0 Å². The summed E-state index contributed by atoms with van der Waals surface area (Å²) in [6.45, 7) is 2.18. The molecule has 0 saturated carbocycles. The van der Waals surface area contributed by atoms with Crippen molar-refractivity contribution in [3.8, 4) is 0 Å². The standard InChI is InChI=1S/C17H24N2/c1-13-7-6-8-14(9-13)15-10-16(18(2)3)12-17(11-15)19(4)5/h7,9-12H,6,8H2,1-5H3. The van der Waals surface area contributed by atoms with Gasteiger partial charge in [-0.2, -0.15) is 0 Å². The molecule has 0 radical (unpaired) electrons. The summed E-state index contributed by atoms with van der Waals surface area (Å²) in [5.41, 5.74) is 6.70. The third kappa shape index (κ3) is 3.19. The molecule has 0 bridgehead atoms. The van der Waals surface area contributed by atoms with Crippen LogP contribution in [0.3, 0.4) is 0 Å². The Labute approximate surface area is 117 Å². The van der Waals surface area contributed by atoms with E-state index >= 15 is 0 Å². The summed E-state index contributed by atoms with van der Waals surface area (Å²) >= 11 is 0. The molecule has 2 rings (SSSR count). The lowest BCUT2D eigenvalue weighted by molar-refractivity contribution is 1.03. The van der Waals surface area contributed by atoms with Crippen molar-refractivity contribution in [3.05, 3.63) is 41.5 Å². The van der Waals surface area contributed by atoms with Crippen molar-refractivity contribution in [3.63, 3.8) is 0 Å². The fraction of sp³-hybridized carbons (Fsp3) is 0.412. The SMILES string of the molecule is CC1=CCCC(c2cc(N(C)C)cc(N(C)C)c2)=C1. The molecule has 0 N–H and O–H groups in total. The topological polar surface area (TPSA) is 6.48 Å². The molecule has 0 atom stereocenters. The van der Waals surface area contributed by atoms with Crippen molar-refractivity contribution < 1.29 is 0 Å². The summed E-state index contributed by atoms with van der Waals surface area (Å²) in [5.74, 6) is 0. The molecule has 2 heteroatoms. The van der Waals surface area contributed by atoms with E-state index in [9.17, 15) is 0 Å². The van der Waals surface area contributed by atoms with Gasteiger partial charge in [-0.15, -0.1) is 0 Å². The minimum atomic E-state index is 1.14. The van der Waals surface area contributed by atoms with Gasteiger partial charge in [0.2, 0.25) is 0 Å². The predicted octanol–water partition coefficient (Wildman–Crippen LogP) is 3.94. The monoisotopic (exact) mass is 256 g/mol. The van der Waals surface area contributed by atoms with E-state index in [-0.39, 0.29) is 0 Å². The Morgan fingerprint density at radius 3 is 1.95 bits per heavy atom. The number of anilines is 2. The van der Waals surface area contributed by atoms with Crippen molar-refractivity contribution in [1.82, 2.24) is 0 Å². The van der Waals surface area contributed by atoms with Crippen LogP contribution in [0.4, 0.5) is 11.4 Å². The quantitative estimate of drug-likeness (QED) is 0.808. The van der Waals surface area contributed by atoms with Crippen molar-refractivity contribution in [2.75, 3.05) is 38.0 Å². The normalized spacial score (nSPS) is 14.8. The van der Waals surface area contributed by atoms with Gasteiger partial charge < -0.3 is 9.80 Å². The number of allylic oxidation sites excluding steroid dienone is 4. The molecule has 0 aromatic heterocycles. The minimum absolute atomic E-state index is 1.14. The summed E-state index contributed by atoms with van der Waals surface area (Å²) in [6.07, 6.45) is 6.92. The second-order valence-corrected chi connectivity index (χ2v) is 5.68. The largest absolute Gasteiger partial charge is 0.378 e. The van der Waals surface area contributed by atoms with E-state index in [0.29, 0.717) is 0 Å². The van der Waals surface area contributed by atoms with Gasteiger partial charge in [0.05, 0.1) is 0 Å². The van der Waals surface area contributed by atoms with E-state index < -0.39 is 0 Å². The van der Waals surface area contributed by atoms with Crippen LogP contribution in [0.2, 0.25) is 0 Å². The molecule has 1 aromatic rings. The van der Waals surface area contributed by atoms with E-state index in [1.807, 2.05) is 0 Å². The lowest BCUT2D eigenvalue weighted by Crippen LogP contribution is -2.13. The molecule has 19 heavy (non-hydrogen) atoms. The molecule has 1 aliphatic carbocycles. The van der Waals surface area contributed by atoms with Gasteiger partial charge in [0.1, 0.15) is 0 Å². The molecule has 0 unspecified atom stereocenters. The van der Waals surface area contributed by atoms with Gasteiger partial charge in [0.25, 0.3) is 0 Å². The first-order valence-corrected chi connectivity index (χ1v) is 6.85. The molecule has 0 fully saturated rings. The number of hydrogen-bond acceptors (Lipinski definition) is 2. The van der Waals surface area contributed by atoms with Crippen LogP contribution in [0.5, 0.6) is 0 Å². The van der Waals surface area contributed by atoms with Crippen LogP contribution in [-0.2, 0) is 0 Å². The first kappa shape index (κ1) is 13.7. The van der Waals surface area contributed by atoms with Crippen LogP contribution in [-0.4, -0.2) is 28.2 Å². The van der Waals surface area contributed by atoms with Crippen LogP contribution < -0.4 is 9.80 Å². The molecule has 2 nitrogen and oxygen atoms in total. The zero-order valence-corrected chi connectivity index (χ0v) is 12.7. The molecule has 102 valence electrons. The summed E-state index contributed by atoms with van der Waals surface area (Å²) in [6, 6.07) is 6.81. The van der Waals surface area contributed by atoms with Gasteiger partial charge in [-0.25, -0.2) is 0 Å². The lowest BCUT2D eigenvalue weighted by atomic mass is 9.93. The van der Waals surface area contributed by atoms with Gasteiger partial charge in [0.15, 0.2) is 0 Å². The van der Waals surface area contributed by atoms with E-state index in [1.165, 1.54) is 28.1 Å². The van der Waals surface area contributed by atoms with Crippen molar-refractivity contribution in [2.24, 2.45) is 0 Å². The number of nitrogens with zero attached hydrogens (tertiary/aromatic N) is 2. The summed E-state index contributed by atoms with van der Waals surface area (Å²) in [5, 5.41) is 0. The van der Waals surface area contributed by atoms with Crippen LogP contribution in [0, 0.1) is 0 Å². The Morgan fingerprint density at radius 2 is 1.47 bits per heavy atom. The molecular weight excluding hydrogens is 232 g/mol. The van der Waals surface area contributed by atoms with Gasteiger partial charge >= 0.3 is 0 Å². The van der Waals surface area contributed by atoms with Crippen LogP contribution in [0.25, 0.3) is 5.57 Å². The maximum Gasteiger partial charge on any atom is 0.0387 e. The van der Waals surface area contributed by atoms with Crippen LogP contribution >= 0.6 is 0 Å². The highest BCUT2D eigenvalue weighted by Gasteiger charge is 2.10. The van der Waals surface area contributed by atoms with Crippen molar-refractivity contribution >= 4 is 16.9 Å². The molecule has 1 aliphatic rings. The Kier molecular flexibility index (Phi) is 3.98. The smallest absolute Gasteiger partial charge is 0.0387 e. The number of rotatable bonds is 3. The van der Waals surface area contributed by atoms with Gasteiger partial charge in [0, 0.05) is 39.6 Å². The zero-order chi connectivity index (χ0) is 14.0. The minimum Gasteiger partial charge on any atom is -0.378 e. The fourth-order valence-electron chi connectivity index (χ4n) is 2.39. The fourth-order valence-corrected chi connectivity index (χ4v) is 2.39. The molecule has 0 spiro atoms. The highest BCUT2D eigenvalue weighted by molar-refractivity contribution is 5.76. The zero-order valence-electron chi connectivity index (χ0n) is 12.7. The third-order valence-corrected chi connectivity index (χ3v) is 3.59. The Morgan fingerprint density at radius 1 is 0.895 bits per heavy atom.